The molecule has 1 aliphatic rings. The molecule has 0 saturated carbocycles. The first-order valence-electron chi connectivity index (χ1n) is 11.6. The summed E-state index contributed by atoms with van der Waals surface area (Å²) in [5, 5.41) is 20.5. The molecule has 10 nitrogen and oxygen atoms in total. The summed E-state index contributed by atoms with van der Waals surface area (Å²) in [7, 11) is 0. The molecular weight excluding hydrogens is 458 g/mol. The van der Waals surface area contributed by atoms with E-state index in [-0.39, 0.29) is 24.1 Å². The Morgan fingerprint density at radius 2 is 1.71 bits per heavy atom. The number of unbranched alkanes of at least 4 members (excludes halogenated alkanes) is 1. The Kier molecular flexibility index (Phi) is 11.9. The molecule has 0 spiro atoms. The maximum Gasteiger partial charge on any atom is 0.326 e. The molecule has 2 rings (SSSR count). The van der Waals surface area contributed by atoms with Gasteiger partial charge in [-0.1, -0.05) is 30.3 Å². The summed E-state index contributed by atoms with van der Waals surface area (Å²) in [5.41, 5.74) is 6.31. The zero-order valence-corrected chi connectivity index (χ0v) is 20.1. The first-order chi connectivity index (χ1) is 16.3. The third kappa shape index (κ3) is 8.96. The molecule has 0 bridgehead atoms. The lowest BCUT2D eigenvalue weighted by Crippen LogP contribution is -2.57. The van der Waals surface area contributed by atoms with E-state index in [9.17, 15) is 24.3 Å². The van der Waals surface area contributed by atoms with E-state index in [0.29, 0.717) is 32.2 Å². The molecule has 34 heavy (non-hydrogen) atoms. The van der Waals surface area contributed by atoms with Gasteiger partial charge in [0.25, 0.3) is 0 Å². The minimum Gasteiger partial charge on any atom is -0.480 e. The number of carboxylic acid groups (broad SMARTS) is 1. The summed E-state index contributed by atoms with van der Waals surface area (Å²) in [6.45, 7) is 1.21. The highest BCUT2D eigenvalue weighted by atomic mass is 32.1. The number of benzene rings is 1. The van der Waals surface area contributed by atoms with Gasteiger partial charge in [-0.2, -0.15) is 12.6 Å². The molecule has 0 aromatic heterocycles. The minimum atomic E-state index is -1.18. The zero-order chi connectivity index (χ0) is 24.9. The van der Waals surface area contributed by atoms with Crippen LogP contribution in [0.5, 0.6) is 0 Å². The number of aliphatic carboxylic acids is 1. The first kappa shape index (κ1) is 27.6. The Bertz CT molecular complexity index is 819. The van der Waals surface area contributed by atoms with Gasteiger partial charge in [-0.25, -0.2) is 4.79 Å². The molecular formula is C23H35N5O5S. The van der Waals surface area contributed by atoms with Crippen molar-refractivity contribution >= 4 is 36.3 Å². The van der Waals surface area contributed by atoms with Crippen LogP contribution in [0.15, 0.2) is 30.3 Å². The van der Waals surface area contributed by atoms with Crippen LogP contribution in [0.3, 0.4) is 0 Å². The van der Waals surface area contributed by atoms with Crippen LogP contribution in [0.2, 0.25) is 0 Å². The molecule has 0 aliphatic carbocycles. The van der Waals surface area contributed by atoms with E-state index >= 15 is 0 Å². The quantitative estimate of drug-likeness (QED) is 0.137. The van der Waals surface area contributed by atoms with Crippen molar-refractivity contribution in [1.29, 1.82) is 0 Å². The van der Waals surface area contributed by atoms with Crippen molar-refractivity contribution in [2.75, 3.05) is 18.8 Å². The maximum absolute atomic E-state index is 13.0. The van der Waals surface area contributed by atoms with Crippen LogP contribution >= 0.6 is 12.6 Å². The molecule has 4 unspecified atom stereocenters. The SMILES string of the molecule is NCCCCC(NC(=O)C1CCCN1)C(=O)NC(CS)C(=O)NC(Cc1ccccc1)C(=O)O. The number of amides is 3. The van der Waals surface area contributed by atoms with Gasteiger partial charge in [-0.3, -0.25) is 14.4 Å². The number of rotatable bonds is 14. The minimum absolute atomic E-state index is 0.0388. The van der Waals surface area contributed by atoms with Crippen molar-refractivity contribution in [2.24, 2.45) is 5.73 Å². The van der Waals surface area contributed by atoms with Crippen molar-refractivity contribution in [3.8, 4) is 0 Å². The van der Waals surface area contributed by atoms with Crippen molar-refractivity contribution in [1.82, 2.24) is 21.3 Å². The fourth-order valence-electron chi connectivity index (χ4n) is 3.73. The lowest BCUT2D eigenvalue weighted by Gasteiger charge is -2.24. The summed E-state index contributed by atoms with van der Waals surface area (Å²) in [6.07, 6.45) is 3.37. The van der Waals surface area contributed by atoms with Gasteiger partial charge >= 0.3 is 5.97 Å². The van der Waals surface area contributed by atoms with Gasteiger partial charge in [0.2, 0.25) is 17.7 Å². The standard InChI is InChI=1S/C23H35N5O5S/c24-11-5-4-9-17(26-20(29)16-10-6-12-25-16)21(30)28-19(14-34)22(31)27-18(23(32)33)13-15-7-2-1-3-8-15/h1-3,7-8,16-19,25,34H,4-6,9-14,24H2,(H,26,29)(H,27,31)(H,28,30)(H,32,33). The van der Waals surface area contributed by atoms with Crippen molar-refractivity contribution in [3.05, 3.63) is 35.9 Å². The number of nitrogens with one attached hydrogen (secondary N) is 4. The Balaban J connectivity index is 2.01. The molecule has 4 atom stereocenters. The predicted molar refractivity (Wildman–Crippen MR) is 131 cm³/mol. The molecule has 188 valence electrons. The molecule has 3 amide bonds. The fourth-order valence-corrected chi connectivity index (χ4v) is 3.99. The highest BCUT2D eigenvalue weighted by Gasteiger charge is 2.30. The van der Waals surface area contributed by atoms with Gasteiger partial charge in [0.05, 0.1) is 6.04 Å². The average Bonchev–Trinajstić information content (AvgIpc) is 3.37. The number of hydrogen-bond acceptors (Lipinski definition) is 7. The Labute approximate surface area is 205 Å². The second kappa shape index (κ2) is 14.6. The van der Waals surface area contributed by atoms with Crippen molar-refractivity contribution in [2.45, 2.75) is 62.7 Å². The molecule has 1 aromatic carbocycles. The van der Waals surface area contributed by atoms with Crippen LogP contribution in [0, 0.1) is 0 Å². The zero-order valence-electron chi connectivity index (χ0n) is 19.2. The molecule has 0 radical (unpaired) electrons. The Morgan fingerprint density at radius 1 is 1.03 bits per heavy atom. The fraction of sp³-hybridized carbons (Fsp3) is 0.565. The molecule has 1 aliphatic heterocycles. The van der Waals surface area contributed by atoms with Crippen molar-refractivity contribution in [3.63, 3.8) is 0 Å². The van der Waals surface area contributed by atoms with Crippen molar-refractivity contribution < 1.29 is 24.3 Å². The van der Waals surface area contributed by atoms with Crippen LogP contribution < -0.4 is 27.0 Å². The number of carbonyl (C=O) groups excluding carboxylic acids is 3. The summed E-state index contributed by atoms with van der Waals surface area (Å²) in [5.74, 6) is -2.66. The maximum atomic E-state index is 13.0. The Morgan fingerprint density at radius 3 is 2.29 bits per heavy atom. The highest BCUT2D eigenvalue weighted by molar-refractivity contribution is 7.80. The van der Waals surface area contributed by atoms with E-state index in [0.717, 1.165) is 18.5 Å². The van der Waals surface area contributed by atoms with E-state index in [1.807, 2.05) is 6.07 Å². The molecule has 1 saturated heterocycles. The number of carboxylic acids is 1. The second-order valence-electron chi connectivity index (χ2n) is 8.33. The largest absolute Gasteiger partial charge is 0.480 e. The molecule has 1 aromatic rings. The number of thiol groups is 1. The molecule has 11 heteroatoms. The molecule has 1 heterocycles. The Hall–Kier alpha value is -2.63. The second-order valence-corrected chi connectivity index (χ2v) is 8.69. The van der Waals surface area contributed by atoms with E-state index in [1.165, 1.54) is 0 Å². The summed E-state index contributed by atoms with van der Waals surface area (Å²) in [4.78, 5) is 50.0. The van der Waals surface area contributed by atoms with Crippen LogP contribution in [-0.4, -0.2) is 71.8 Å². The van der Waals surface area contributed by atoms with Gasteiger partial charge < -0.3 is 32.1 Å². The lowest BCUT2D eigenvalue weighted by atomic mass is 10.1. The predicted octanol–water partition coefficient (Wildman–Crippen LogP) is -0.421. The van der Waals surface area contributed by atoms with Crippen LogP contribution in [-0.2, 0) is 25.6 Å². The van der Waals surface area contributed by atoms with Gasteiger partial charge in [0, 0.05) is 12.2 Å². The summed E-state index contributed by atoms with van der Waals surface area (Å²) >= 11 is 4.16. The number of nitrogens with two attached hydrogens (primary N) is 1. The summed E-state index contributed by atoms with van der Waals surface area (Å²) in [6, 6.07) is 5.52. The smallest absolute Gasteiger partial charge is 0.326 e. The van der Waals surface area contributed by atoms with E-state index < -0.39 is 35.9 Å². The van der Waals surface area contributed by atoms with Crippen LogP contribution in [0.25, 0.3) is 0 Å². The van der Waals surface area contributed by atoms with E-state index in [1.54, 1.807) is 24.3 Å². The third-order valence-corrected chi connectivity index (χ3v) is 6.03. The third-order valence-electron chi connectivity index (χ3n) is 5.67. The van der Waals surface area contributed by atoms with Gasteiger partial charge in [0.1, 0.15) is 18.1 Å². The monoisotopic (exact) mass is 493 g/mol. The van der Waals surface area contributed by atoms with Crippen LogP contribution in [0.1, 0.15) is 37.7 Å². The number of hydrogen-bond donors (Lipinski definition) is 7. The van der Waals surface area contributed by atoms with Crippen LogP contribution in [0.4, 0.5) is 0 Å². The normalized spacial score (nSPS) is 17.9. The summed E-state index contributed by atoms with van der Waals surface area (Å²) < 4.78 is 0. The molecule has 1 fully saturated rings. The highest BCUT2D eigenvalue weighted by Crippen LogP contribution is 2.08. The lowest BCUT2D eigenvalue weighted by molar-refractivity contribution is -0.142. The number of carbonyl (C=O) groups is 4. The first-order valence-corrected chi connectivity index (χ1v) is 12.2. The van der Waals surface area contributed by atoms with E-state index in [4.69, 9.17) is 5.73 Å². The van der Waals surface area contributed by atoms with Gasteiger partial charge in [0.15, 0.2) is 0 Å². The average molecular weight is 494 g/mol. The van der Waals surface area contributed by atoms with Gasteiger partial charge in [-0.05, 0) is 50.8 Å². The van der Waals surface area contributed by atoms with E-state index in [2.05, 4.69) is 33.9 Å². The van der Waals surface area contributed by atoms with Gasteiger partial charge in [-0.15, -0.1) is 0 Å². The molecule has 7 N–H and O–H groups in total. The topological polar surface area (TPSA) is 163 Å².